The third-order valence-corrected chi connectivity index (χ3v) is 3.14. The van der Waals surface area contributed by atoms with E-state index in [4.69, 9.17) is 0 Å². The Morgan fingerprint density at radius 2 is 1.68 bits per heavy atom. The summed E-state index contributed by atoms with van der Waals surface area (Å²) in [6.07, 6.45) is 2.42. The first-order chi connectivity index (χ1) is 10.2. The molecule has 1 unspecified atom stereocenters. The van der Waals surface area contributed by atoms with Gasteiger partial charge >= 0.3 is 10.7 Å². The second-order valence-corrected chi connectivity index (χ2v) is 5.01. The first kappa shape index (κ1) is 16.3. The van der Waals surface area contributed by atoms with Crippen molar-refractivity contribution >= 4 is 21.9 Å². The molecule has 2 aromatic rings. The molecule has 2 rings (SSSR count). The number of pyridine rings is 1. The highest BCUT2D eigenvalue weighted by Crippen LogP contribution is 2.38. The zero-order chi connectivity index (χ0) is 16.5. The summed E-state index contributed by atoms with van der Waals surface area (Å²) in [5.41, 5.74) is -1.49. The molecular weight excluding hydrogens is 377 g/mol. The molecule has 1 heterocycles. The number of nitrogens with zero attached hydrogens (tertiary/aromatic N) is 1. The van der Waals surface area contributed by atoms with Gasteiger partial charge in [-0.25, -0.2) is 22.4 Å². The van der Waals surface area contributed by atoms with E-state index in [0.29, 0.717) is 0 Å². The average Bonchev–Trinajstić information content (AvgIpc) is 2.49. The molecule has 116 valence electrons. The van der Waals surface area contributed by atoms with Crippen LogP contribution in [0.25, 0.3) is 0 Å². The molecule has 3 nitrogen and oxygen atoms in total. The Morgan fingerprint density at radius 3 is 2.27 bits per heavy atom. The Labute approximate surface area is 128 Å². The fraction of sp³-hybridized carbons (Fsp3) is 0.0769. The fourth-order valence-electron chi connectivity index (χ4n) is 1.50. The summed E-state index contributed by atoms with van der Waals surface area (Å²) in [7, 11) is 0. The smallest absolute Gasteiger partial charge is 0.341 e. The summed E-state index contributed by atoms with van der Waals surface area (Å²) in [5.74, 6) is -9.45. The van der Waals surface area contributed by atoms with Gasteiger partial charge in [0.15, 0.2) is 23.3 Å². The average molecular weight is 382 g/mol. The van der Waals surface area contributed by atoms with Gasteiger partial charge in [-0.05, 0) is 18.2 Å². The summed E-state index contributed by atoms with van der Waals surface area (Å²) in [5, 5.41) is 0. The molecule has 0 bridgehead atoms. The van der Waals surface area contributed by atoms with Gasteiger partial charge in [0, 0.05) is 28.3 Å². The van der Waals surface area contributed by atoms with Crippen LogP contribution < -0.4 is 0 Å². The molecule has 0 fully saturated rings. The van der Waals surface area contributed by atoms with Gasteiger partial charge in [0.1, 0.15) is 0 Å². The van der Waals surface area contributed by atoms with E-state index >= 15 is 0 Å². The van der Waals surface area contributed by atoms with Crippen LogP contribution in [0.15, 0.2) is 30.6 Å². The van der Waals surface area contributed by atoms with Crippen molar-refractivity contribution < 1.29 is 31.5 Å². The lowest BCUT2D eigenvalue weighted by Crippen LogP contribution is -2.24. The first-order valence-corrected chi connectivity index (χ1v) is 6.38. The van der Waals surface area contributed by atoms with E-state index in [1.807, 2.05) is 0 Å². The van der Waals surface area contributed by atoms with Crippen LogP contribution in [-0.4, -0.2) is 11.0 Å². The van der Waals surface area contributed by atoms with Crippen molar-refractivity contribution in [1.82, 2.24) is 4.98 Å². The largest absolute Gasteiger partial charge is 0.410 e. The van der Waals surface area contributed by atoms with Crippen LogP contribution in [0.1, 0.15) is 15.9 Å². The third-order valence-electron chi connectivity index (χ3n) is 2.55. The minimum absolute atomic E-state index is 0.0440. The molecule has 1 atom stereocenters. The molecular formula is C13H5BrF5NO2. The maximum atomic E-state index is 14.3. The summed E-state index contributed by atoms with van der Waals surface area (Å²) in [6.45, 7) is 0. The van der Waals surface area contributed by atoms with Crippen molar-refractivity contribution in [3.8, 4) is 0 Å². The maximum Gasteiger partial charge on any atom is 0.341 e. The minimum atomic E-state index is -3.40. The van der Waals surface area contributed by atoms with E-state index in [9.17, 15) is 26.7 Å². The lowest BCUT2D eigenvalue weighted by atomic mass is 10.2. The summed E-state index contributed by atoms with van der Waals surface area (Å²) in [6, 6.07) is 2.39. The van der Waals surface area contributed by atoms with Crippen molar-refractivity contribution in [2.45, 2.75) is 4.76 Å². The van der Waals surface area contributed by atoms with Gasteiger partial charge in [0.25, 0.3) is 0 Å². The number of carbonyl (C=O) groups is 1. The number of benzene rings is 1. The van der Waals surface area contributed by atoms with Gasteiger partial charge in [0.05, 0.1) is 11.1 Å². The standard InChI is InChI=1S/C13H5BrF5NO2/c14-13(19,22-12(21)6-1-3-20-4-2-6)7-5-8(15)10(17)11(18)9(7)16/h1-5H. The number of carbonyl (C=O) groups excluding carboxylic acids is 1. The molecule has 0 saturated carbocycles. The van der Waals surface area contributed by atoms with Gasteiger partial charge in [-0.2, -0.15) is 4.39 Å². The highest BCUT2D eigenvalue weighted by molar-refractivity contribution is 9.09. The number of ether oxygens (including phenoxy) is 1. The number of hydrogen-bond acceptors (Lipinski definition) is 3. The van der Waals surface area contributed by atoms with Crippen molar-refractivity contribution in [1.29, 1.82) is 0 Å². The quantitative estimate of drug-likeness (QED) is 0.265. The van der Waals surface area contributed by atoms with Gasteiger partial charge in [-0.3, -0.25) is 4.98 Å². The molecule has 0 aliphatic carbocycles. The van der Waals surface area contributed by atoms with Gasteiger partial charge < -0.3 is 4.74 Å². The van der Waals surface area contributed by atoms with E-state index in [1.54, 1.807) is 0 Å². The second-order valence-electron chi connectivity index (χ2n) is 3.99. The van der Waals surface area contributed by atoms with Crippen molar-refractivity contribution in [3.63, 3.8) is 0 Å². The minimum Gasteiger partial charge on any atom is -0.410 e. The predicted molar refractivity (Wildman–Crippen MR) is 67.6 cm³/mol. The fourth-order valence-corrected chi connectivity index (χ4v) is 1.94. The Bertz CT molecular complexity index is 724. The van der Waals surface area contributed by atoms with Crippen molar-refractivity contribution in [2.75, 3.05) is 0 Å². The molecule has 0 saturated heterocycles. The molecule has 0 N–H and O–H groups in total. The van der Waals surface area contributed by atoms with Crippen molar-refractivity contribution in [2.24, 2.45) is 0 Å². The van der Waals surface area contributed by atoms with Crippen LogP contribution in [-0.2, 0) is 9.50 Å². The zero-order valence-corrected chi connectivity index (χ0v) is 12.0. The normalized spacial score (nSPS) is 13.5. The molecule has 0 spiro atoms. The first-order valence-electron chi connectivity index (χ1n) is 5.58. The molecule has 0 radical (unpaired) electrons. The van der Waals surface area contributed by atoms with Gasteiger partial charge in [-0.15, -0.1) is 0 Å². The molecule has 22 heavy (non-hydrogen) atoms. The maximum absolute atomic E-state index is 14.3. The van der Waals surface area contributed by atoms with Crippen LogP contribution in [0.4, 0.5) is 22.0 Å². The second kappa shape index (κ2) is 5.99. The summed E-state index contributed by atoms with van der Waals surface area (Å²) in [4.78, 5) is 15.3. The van der Waals surface area contributed by atoms with E-state index in [0.717, 1.165) is 0 Å². The van der Waals surface area contributed by atoms with Gasteiger partial charge in [-0.1, -0.05) is 0 Å². The van der Waals surface area contributed by atoms with Crippen LogP contribution >= 0.6 is 15.9 Å². The highest BCUT2D eigenvalue weighted by Gasteiger charge is 2.39. The topological polar surface area (TPSA) is 39.2 Å². The molecule has 0 amide bonds. The number of esters is 1. The highest BCUT2D eigenvalue weighted by atomic mass is 79.9. The number of halogens is 6. The monoisotopic (exact) mass is 381 g/mol. The molecule has 0 aliphatic heterocycles. The van der Waals surface area contributed by atoms with E-state index in [1.165, 1.54) is 24.5 Å². The van der Waals surface area contributed by atoms with Crippen LogP contribution in [0.5, 0.6) is 0 Å². The van der Waals surface area contributed by atoms with Crippen LogP contribution in [0.2, 0.25) is 0 Å². The summed E-state index contributed by atoms with van der Waals surface area (Å²) >= 11 is 2.21. The lowest BCUT2D eigenvalue weighted by Gasteiger charge is -2.20. The number of rotatable bonds is 3. The lowest BCUT2D eigenvalue weighted by molar-refractivity contribution is -0.0381. The Balaban J connectivity index is 2.37. The zero-order valence-electron chi connectivity index (χ0n) is 10.4. The molecule has 1 aromatic carbocycles. The van der Waals surface area contributed by atoms with Crippen molar-refractivity contribution in [3.05, 3.63) is 65.0 Å². The SMILES string of the molecule is O=C(OC(F)(Br)c1cc(F)c(F)c(F)c1F)c1ccncc1. The van der Waals surface area contributed by atoms with Crippen LogP contribution in [0, 0.1) is 23.3 Å². The summed E-state index contributed by atoms with van der Waals surface area (Å²) < 4.78 is 67.8. The Hall–Kier alpha value is -2.03. The Morgan fingerprint density at radius 1 is 1.09 bits per heavy atom. The Kier molecular flexibility index (Phi) is 4.45. The molecule has 1 aromatic heterocycles. The number of aromatic nitrogens is 1. The third kappa shape index (κ3) is 3.08. The van der Waals surface area contributed by atoms with E-state index < -0.39 is 39.6 Å². The van der Waals surface area contributed by atoms with E-state index in [2.05, 4.69) is 25.7 Å². The van der Waals surface area contributed by atoms with Gasteiger partial charge in [0.2, 0.25) is 0 Å². The number of hydrogen-bond donors (Lipinski definition) is 0. The van der Waals surface area contributed by atoms with E-state index in [-0.39, 0.29) is 11.6 Å². The molecule has 0 aliphatic rings. The molecule has 9 heteroatoms. The van der Waals surface area contributed by atoms with Crippen LogP contribution in [0.3, 0.4) is 0 Å². The predicted octanol–water partition coefficient (Wildman–Crippen LogP) is 3.97. The number of alkyl halides is 2.